The van der Waals surface area contributed by atoms with Gasteiger partial charge >= 0.3 is 0 Å². The average Bonchev–Trinajstić information content (AvgIpc) is 2.53. The van der Waals surface area contributed by atoms with Gasteiger partial charge in [0, 0.05) is 0 Å². The van der Waals surface area contributed by atoms with Gasteiger partial charge in [0.25, 0.3) is 0 Å². The van der Waals surface area contributed by atoms with Crippen LogP contribution in [-0.2, 0) is 9.84 Å². The van der Waals surface area contributed by atoms with Crippen LogP contribution in [-0.4, -0.2) is 20.2 Å². The zero-order chi connectivity index (χ0) is 13.5. The zero-order valence-corrected chi connectivity index (χ0v) is 12.3. The lowest BCUT2D eigenvalue weighted by Gasteiger charge is -2.19. The third-order valence-electron chi connectivity index (χ3n) is 3.80. The van der Waals surface area contributed by atoms with Crippen LogP contribution < -0.4 is 5.32 Å². The molecule has 0 aromatic heterocycles. The summed E-state index contributed by atoms with van der Waals surface area (Å²) in [6.07, 6.45) is 0.646. The fraction of sp³-hybridized carbons (Fsp3) is 0.571. The van der Waals surface area contributed by atoms with E-state index in [2.05, 4.69) is 5.32 Å². The van der Waals surface area contributed by atoms with Crippen LogP contribution in [0.3, 0.4) is 0 Å². The van der Waals surface area contributed by atoms with E-state index < -0.39 is 9.84 Å². The SMILES string of the molecule is CCNC1c2c(C)ccc(C)c2S(=O)(=O)C1CC. The molecule has 0 bridgehead atoms. The fourth-order valence-corrected chi connectivity index (χ4v) is 5.44. The van der Waals surface area contributed by atoms with Gasteiger partial charge in [0.15, 0.2) is 9.84 Å². The van der Waals surface area contributed by atoms with Crippen LogP contribution in [0.1, 0.15) is 43.0 Å². The molecule has 100 valence electrons. The molecule has 2 unspecified atom stereocenters. The summed E-state index contributed by atoms with van der Waals surface area (Å²) in [7, 11) is -3.18. The van der Waals surface area contributed by atoms with E-state index in [0.717, 1.165) is 23.2 Å². The van der Waals surface area contributed by atoms with Gasteiger partial charge in [0.05, 0.1) is 16.2 Å². The molecule has 2 atom stereocenters. The van der Waals surface area contributed by atoms with Crippen LogP contribution in [0, 0.1) is 13.8 Å². The predicted molar refractivity (Wildman–Crippen MR) is 73.6 cm³/mol. The summed E-state index contributed by atoms with van der Waals surface area (Å²) in [6.45, 7) is 8.63. The molecule has 2 rings (SSSR count). The molecule has 0 saturated carbocycles. The lowest BCUT2D eigenvalue weighted by molar-refractivity contribution is 0.504. The molecule has 18 heavy (non-hydrogen) atoms. The minimum atomic E-state index is -3.18. The Kier molecular flexibility index (Phi) is 3.52. The maximum absolute atomic E-state index is 12.6. The first kappa shape index (κ1) is 13.6. The number of hydrogen-bond donors (Lipinski definition) is 1. The van der Waals surface area contributed by atoms with Crippen molar-refractivity contribution in [3.8, 4) is 0 Å². The van der Waals surface area contributed by atoms with Crippen molar-refractivity contribution in [3.63, 3.8) is 0 Å². The molecule has 1 N–H and O–H groups in total. The monoisotopic (exact) mass is 267 g/mol. The van der Waals surface area contributed by atoms with Gasteiger partial charge in [0.1, 0.15) is 0 Å². The summed E-state index contributed by atoms with van der Waals surface area (Å²) in [5.74, 6) is 0. The van der Waals surface area contributed by atoms with E-state index in [-0.39, 0.29) is 11.3 Å². The summed E-state index contributed by atoms with van der Waals surface area (Å²) in [4.78, 5) is 0.570. The van der Waals surface area contributed by atoms with Gasteiger partial charge in [-0.15, -0.1) is 0 Å². The zero-order valence-electron chi connectivity index (χ0n) is 11.4. The minimum absolute atomic E-state index is 0.0556. The van der Waals surface area contributed by atoms with E-state index in [4.69, 9.17) is 0 Å². The number of hydrogen-bond acceptors (Lipinski definition) is 3. The molecule has 0 amide bonds. The Hall–Kier alpha value is -0.870. The molecule has 1 aliphatic rings. The Morgan fingerprint density at radius 1 is 1.17 bits per heavy atom. The lowest BCUT2D eigenvalue weighted by Crippen LogP contribution is -2.31. The normalized spacial score (nSPS) is 25.1. The largest absolute Gasteiger partial charge is 0.309 e. The summed E-state index contributed by atoms with van der Waals surface area (Å²) >= 11 is 0. The van der Waals surface area contributed by atoms with Gasteiger partial charge in [-0.3, -0.25) is 0 Å². The van der Waals surface area contributed by atoms with Gasteiger partial charge in [-0.05, 0) is 43.5 Å². The molecule has 1 aromatic rings. The number of sulfone groups is 1. The van der Waals surface area contributed by atoms with Crippen molar-refractivity contribution in [3.05, 3.63) is 28.8 Å². The quantitative estimate of drug-likeness (QED) is 0.915. The van der Waals surface area contributed by atoms with Crippen LogP contribution in [0.25, 0.3) is 0 Å². The number of rotatable bonds is 3. The van der Waals surface area contributed by atoms with E-state index in [1.807, 2.05) is 39.8 Å². The number of aryl methyl sites for hydroxylation is 2. The molecule has 0 radical (unpaired) electrons. The standard InChI is InChI=1S/C14H21NO2S/c1-5-11-13(15-6-2)12-9(3)7-8-10(4)14(12)18(11,16)17/h7-8,11,13,15H,5-6H2,1-4H3. The Balaban J connectivity index is 2.73. The molecular weight excluding hydrogens is 246 g/mol. The Morgan fingerprint density at radius 2 is 1.78 bits per heavy atom. The molecule has 0 aliphatic carbocycles. The van der Waals surface area contributed by atoms with Crippen molar-refractivity contribution in [2.45, 2.75) is 50.3 Å². The first-order chi connectivity index (χ1) is 8.45. The molecule has 3 nitrogen and oxygen atoms in total. The maximum atomic E-state index is 12.6. The van der Waals surface area contributed by atoms with Gasteiger partial charge in [-0.25, -0.2) is 8.42 Å². The molecule has 4 heteroatoms. The van der Waals surface area contributed by atoms with Crippen LogP contribution in [0.2, 0.25) is 0 Å². The highest BCUT2D eigenvalue weighted by Gasteiger charge is 2.45. The molecule has 0 saturated heterocycles. The maximum Gasteiger partial charge on any atom is 0.183 e. The molecule has 1 aliphatic heterocycles. The van der Waals surface area contributed by atoms with E-state index in [1.165, 1.54) is 0 Å². The van der Waals surface area contributed by atoms with Gasteiger partial charge in [-0.1, -0.05) is 26.0 Å². The van der Waals surface area contributed by atoms with Crippen molar-refractivity contribution in [1.82, 2.24) is 5.32 Å². The highest BCUT2D eigenvalue weighted by Crippen LogP contribution is 2.43. The highest BCUT2D eigenvalue weighted by molar-refractivity contribution is 7.92. The summed E-state index contributed by atoms with van der Waals surface area (Å²) in [5, 5.41) is 3.02. The van der Waals surface area contributed by atoms with Crippen molar-refractivity contribution >= 4 is 9.84 Å². The van der Waals surface area contributed by atoms with Crippen molar-refractivity contribution in [1.29, 1.82) is 0 Å². The van der Waals surface area contributed by atoms with Crippen molar-refractivity contribution in [2.24, 2.45) is 0 Å². The molecule has 1 heterocycles. The molecule has 0 fully saturated rings. The van der Waals surface area contributed by atoms with E-state index in [1.54, 1.807) is 0 Å². The molecule has 1 aromatic carbocycles. The van der Waals surface area contributed by atoms with Gasteiger partial charge < -0.3 is 5.32 Å². The third-order valence-corrected chi connectivity index (χ3v) is 6.32. The number of nitrogens with one attached hydrogen (secondary N) is 1. The highest BCUT2D eigenvalue weighted by atomic mass is 32.2. The first-order valence-corrected chi connectivity index (χ1v) is 8.07. The first-order valence-electron chi connectivity index (χ1n) is 6.52. The fourth-order valence-electron chi connectivity index (χ4n) is 3.00. The predicted octanol–water partition coefficient (Wildman–Crippen LogP) is 2.52. The van der Waals surface area contributed by atoms with Crippen LogP contribution in [0.4, 0.5) is 0 Å². The molecular formula is C14H21NO2S. The van der Waals surface area contributed by atoms with Gasteiger partial charge in [-0.2, -0.15) is 0 Å². The summed E-state index contributed by atoms with van der Waals surface area (Å²) < 4.78 is 25.3. The van der Waals surface area contributed by atoms with Crippen LogP contribution >= 0.6 is 0 Å². The Morgan fingerprint density at radius 3 is 2.33 bits per heavy atom. The molecule has 0 spiro atoms. The topological polar surface area (TPSA) is 46.2 Å². The number of fused-ring (bicyclic) bond motifs is 1. The summed E-state index contributed by atoms with van der Waals surface area (Å²) in [5.41, 5.74) is 2.93. The van der Waals surface area contributed by atoms with E-state index in [0.29, 0.717) is 11.3 Å². The second-order valence-electron chi connectivity index (χ2n) is 4.97. The smallest absolute Gasteiger partial charge is 0.183 e. The van der Waals surface area contributed by atoms with Crippen molar-refractivity contribution < 1.29 is 8.42 Å². The van der Waals surface area contributed by atoms with E-state index >= 15 is 0 Å². The Bertz CT molecular complexity index is 563. The van der Waals surface area contributed by atoms with Crippen LogP contribution in [0.15, 0.2) is 17.0 Å². The van der Waals surface area contributed by atoms with Gasteiger partial charge in [0.2, 0.25) is 0 Å². The van der Waals surface area contributed by atoms with Crippen LogP contribution in [0.5, 0.6) is 0 Å². The third kappa shape index (κ3) is 1.79. The Labute approximate surface area is 110 Å². The van der Waals surface area contributed by atoms with Crippen molar-refractivity contribution in [2.75, 3.05) is 6.54 Å². The second kappa shape index (κ2) is 4.67. The second-order valence-corrected chi connectivity index (χ2v) is 7.07. The van der Waals surface area contributed by atoms with E-state index in [9.17, 15) is 8.42 Å². The average molecular weight is 267 g/mol. The minimum Gasteiger partial charge on any atom is -0.309 e. The lowest BCUT2D eigenvalue weighted by atomic mass is 9.96. The number of benzene rings is 1. The summed E-state index contributed by atoms with van der Waals surface area (Å²) in [6, 6.07) is 3.87.